The molecule has 0 radical (unpaired) electrons. The predicted molar refractivity (Wildman–Crippen MR) is 78.4 cm³/mol. The van der Waals surface area contributed by atoms with Gasteiger partial charge in [0.25, 0.3) is 11.8 Å². The number of hydrogen-bond acceptors (Lipinski definition) is 4. The SMILES string of the molecule is CNC(=O)[C@H](C)NC(=O)c1ccc2c(c1)NC(=O)CNC2=O. The van der Waals surface area contributed by atoms with E-state index in [0.29, 0.717) is 0 Å². The van der Waals surface area contributed by atoms with Crippen LogP contribution in [0.1, 0.15) is 27.6 Å². The topological polar surface area (TPSA) is 116 Å². The van der Waals surface area contributed by atoms with Crippen LogP contribution in [-0.2, 0) is 9.59 Å². The van der Waals surface area contributed by atoms with Gasteiger partial charge in [0, 0.05) is 12.6 Å². The van der Waals surface area contributed by atoms with Crippen LogP contribution < -0.4 is 21.3 Å². The molecule has 8 heteroatoms. The summed E-state index contributed by atoms with van der Waals surface area (Å²) in [5.41, 5.74) is 0.784. The number of benzene rings is 1. The lowest BCUT2D eigenvalue weighted by molar-refractivity contribution is -0.122. The number of carbonyl (C=O) groups is 4. The fourth-order valence-corrected chi connectivity index (χ4v) is 2.00. The van der Waals surface area contributed by atoms with Gasteiger partial charge in [-0.25, -0.2) is 0 Å². The van der Waals surface area contributed by atoms with Crippen molar-refractivity contribution in [2.75, 3.05) is 18.9 Å². The quantitative estimate of drug-likeness (QED) is 0.587. The molecule has 22 heavy (non-hydrogen) atoms. The Morgan fingerprint density at radius 2 is 2.00 bits per heavy atom. The Labute approximate surface area is 126 Å². The Bertz CT molecular complexity index is 656. The van der Waals surface area contributed by atoms with Gasteiger partial charge in [0.05, 0.1) is 17.8 Å². The van der Waals surface area contributed by atoms with Crippen LogP contribution in [0.15, 0.2) is 18.2 Å². The summed E-state index contributed by atoms with van der Waals surface area (Å²) < 4.78 is 0. The molecule has 0 aliphatic carbocycles. The van der Waals surface area contributed by atoms with Crippen LogP contribution in [0, 0.1) is 0 Å². The van der Waals surface area contributed by atoms with Crippen molar-refractivity contribution in [3.8, 4) is 0 Å². The molecule has 116 valence electrons. The van der Waals surface area contributed by atoms with Crippen molar-refractivity contribution in [3.05, 3.63) is 29.3 Å². The van der Waals surface area contributed by atoms with Crippen molar-refractivity contribution in [1.82, 2.24) is 16.0 Å². The van der Waals surface area contributed by atoms with E-state index in [-0.39, 0.29) is 41.1 Å². The maximum absolute atomic E-state index is 12.1. The van der Waals surface area contributed by atoms with Crippen molar-refractivity contribution < 1.29 is 19.2 Å². The molecule has 8 nitrogen and oxygen atoms in total. The molecular weight excluding hydrogens is 288 g/mol. The smallest absolute Gasteiger partial charge is 0.253 e. The molecule has 0 bridgehead atoms. The number of nitrogens with one attached hydrogen (secondary N) is 4. The van der Waals surface area contributed by atoms with E-state index in [9.17, 15) is 19.2 Å². The van der Waals surface area contributed by atoms with Gasteiger partial charge in [-0.05, 0) is 25.1 Å². The minimum absolute atomic E-state index is 0.122. The lowest BCUT2D eigenvalue weighted by Gasteiger charge is -2.13. The minimum Gasteiger partial charge on any atom is -0.357 e. The highest BCUT2D eigenvalue weighted by Gasteiger charge is 2.21. The molecule has 0 aromatic heterocycles. The molecule has 4 N–H and O–H groups in total. The second-order valence-corrected chi connectivity index (χ2v) is 4.80. The normalized spacial score (nSPS) is 14.8. The van der Waals surface area contributed by atoms with Gasteiger partial charge in [0.2, 0.25) is 11.8 Å². The van der Waals surface area contributed by atoms with Gasteiger partial charge in [-0.1, -0.05) is 0 Å². The van der Waals surface area contributed by atoms with Gasteiger partial charge in [-0.15, -0.1) is 0 Å². The molecular formula is C14H16N4O4. The largest absolute Gasteiger partial charge is 0.357 e. The van der Waals surface area contributed by atoms with E-state index >= 15 is 0 Å². The van der Waals surface area contributed by atoms with Crippen LogP contribution in [0.2, 0.25) is 0 Å². The average Bonchev–Trinajstić information content (AvgIpc) is 2.64. The van der Waals surface area contributed by atoms with Crippen molar-refractivity contribution in [2.24, 2.45) is 0 Å². The predicted octanol–water partition coefficient (Wildman–Crippen LogP) is -0.767. The molecule has 0 fully saturated rings. The third-order valence-electron chi connectivity index (χ3n) is 3.20. The highest BCUT2D eigenvalue weighted by molar-refractivity contribution is 6.10. The van der Waals surface area contributed by atoms with E-state index in [2.05, 4.69) is 21.3 Å². The highest BCUT2D eigenvalue weighted by atomic mass is 16.2. The Hall–Kier alpha value is -2.90. The number of likely N-dealkylation sites (N-methyl/N-ethyl adjacent to an activating group) is 1. The lowest BCUT2D eigenvalue weighted by atomic mass is 10.1. The zero-order chi connectivity index (χ0) is 16.3. The molecule has 2 rings (SSSR count). The summed E-state index contributed by atoms with van der Waals surface area (Å²) in [7, 11) is 1.47. The van der Waals surface area contributed by atoms with Crippen LogP contribution in [-0.4, -0.2) is 43.3 Å². The molecule has 0 spiro atoms. The fourth-order valence-electron chi connectivity index (χ4n) is 2.00. The molecule has 1 atom stereocenters. The maximum Gasteiger partial charge on any atom is 0.253 e. The Morgan fingerprint density at radius 1 is 1.27 bits per heavy atom. The summed E-state index contributed by atoms with van der Waals surface area (Å²) in [4.78, 5) is 46.8. The first-order chi connectivity index (χ1) is 10.4. The van der Waals surface area contributed by atoms with E-state index in [1.165, 1.54) is 25.2 Å². The van der Waals surface area contributed by atoms with E-state index in [1.54, 1.807) is 6.92 Å². The molecule has 1 aliphatic heterocycles. The van der Waals surface area contributed by atoms with Gasteiger partial charge in [-0.3, -0.25) is 19.2 Å². The third kappa shape index (κ3) is 3.22. The Kier molecular flexibility index (Phi) is 4.40. The molecule has 1 aliphatic rings. The van der Waals surface area contributed by atoms with Crippen molar-refractivity contribution in [3.63, 3.8) is 0 Å². The first-order valence-corrected chi connectivity index (χ1v) is 6.67. The van der Waals surface area contributed by atoms with Gasteiger partial charge >= 0.3 is 0 Å². The van der Waals surface area contributed by atoms with Crippen LogP contribution in [0.4, 0.5) is 5.69 Å². The van der Waals surface area contributed by atoms with Crippen LogP contribution in [0.25, 0.3) is 0 Å². The minimum atomic E-state index is -0.700. The number of hydrogen-bond donors (Lipinski definition) is 4. The van der Waals surface area contributed by atoms with Crippen LogP contribution >= 0.6 is 0 Å². The molecule has 1 aromatic rings. The summed E-state index contributed by atoms with van der Waals surface area (Å²) in [6.45, 7) is 1.43. The first kappa shape index (κ1) is 15.5. The van der Waals surface area contributed by atoms with E-state index in [4.69, 9.17) is 0 Å². The van der Waals surface area contributed by atoms with Gasteiger partial charge in [-0.2, -0.15) is 0 Å². The number of fused-ring (bicyclic) bond motifs is 1. The second-order valence-electron chi connectivity index (χ2n) is 4.80. The molecule has 4 amide bonds. The number of amides is 4. The van der Waals surface area contributed by atoms with Gasteiger partial charge in [0.15, 0.2) is 0 Å². The number of carbonyl (C=O) groups excluding carboxylic acids is 4. The zero-order valence-electron chi connectivity index (χ0n) is 12.1. The highest BCUT2D eigenvalue weighted by Crippen LogP contribution is 2.19. The first-order valence-electron chi connectivity index (χ1n) is 6.67. The molecule has 0 saturated heterocycles. The van der Waals surface area contributed by atoms with Crippen molar-refractivity contribution in [2.45, 2.75) is 13.0 Å². The van der Waals surface area contributed by atoms with E-state index < -0.39 is 11.9 Å². The summed E-state index contributed by atoms with van der Waals surface area (Å²) >= 11 is 0. The molecule has 0 unspecified atom stereocenters. The van der Waals surface area contributed by atoms with Crippen molar-refractivity contribution >= 4 is 29.3 Å². The standard InChI is InChI=1S/C14H16N4O4/c1-7(12(20)15-2)17-13(21)8-3-4-9-10(5-8)18-11(19)6-16-14(9)22/h3-5,7H,6H2,1-2H3,(H,15,20)(H,16,22)(H,17,21)(H,18,19)/t7-/m0/s1. The summed E-state index contributed by atoms with van der Waals surface area (Å²) in [6, 6.07) is 3.62. The zero-order valence-corrected chi connectivity index (χ0v) is 12.1. The van der Waals surface area contributed by atoms with Crippen LogP contribution in [0.3, 0.4) is 0 Å². The summed E-state index contributed by atoms with van der Waals surface area (Å²) in [5.74, 6) is -1.56. The fraction of sp³-hybridized carbons (Fsp3) is 0.286. The molecule has 1 heterocycles. The molecule has 0 saturated carbocycles. The Morgan fingerprint density at radius 3 is 2.68 bits per heavy atom. The van der Waals surface area contributed by atoms with Gasteiger partial charge < -0.3 is 21.3 Å². The van der Waals surface area contributed by atoms with E-state index in [1.807, 2.05) is 0 Å². The summed E-state index contributed by atoms with van der Waals surface area (Å²) in [6.07, 6.45) is 0. The molecule has 1 aromatic carbocycles. The second kappa shape index (κ2) is 6.25. The summed E-state index contributed by atoms with van der Waals surface area (Å²) in [5, 5.41) is 9.96. The lowest BCUT2D eigenvalue weighted by Crippen LogP contribution is -2.43. The number of rotatable bonds is 3. The third-order valence-corrected chi connectivity index (χ3v) is 3.20. The van der Waals surface area contributed by atoms with E-state index in [0.717, 1.165) is 0 Å². The monoisotopic (exact) mass is 304 g/mol. The maximum atomic E-state index is 12.1. The average molecular weight is 304 g/mol. The van der Waals surface area contributed by atoms with Crippen molar-refractivity contribution in [1.29, 1.82) is 0 Å². The van der Waals surface area contributed by atoms with Gasteiger partial charge in [0.1, 0.15) is 6.04 Å². The number of anilines is 1. The Balaban J connectivity index is 2.23. The van der Waals surface area contributed by atoms with Crippen LogP contribution in [0.5, 0.6) is 0 Å².